The van der Waals surface area contributed by atoms with Gasteiger partial charge in [-0.15, -0.1) is 0 Å². The number of carboxylic acid groups (broad SMARTS) is 1. The van der Waals surface area contributed by atoms with Gasteiger partial charge in [0.05, 0.1) is 0 Å². The number of fused-ring (bicyclic) bond motifs is 1. The first kappa shape index (κ1) is 14.5. The van der Waals surface area contributed by atoms with Crippen molar-refractivity contribution in [1.82, 2.24) is 5.32 Å². The van der Waals surface area contributed by atoms with Crippen molar-refractivity contribution in [1.29, 1.82) is 0 Å². The normalized spacial score (nSPS) is 13.8. The number of benzene rings is 1. The zero-order valence-electron chi connectivity index (χ0n) is 10.9. The summed E-state index contributed by atoms with van der Waals surface area (Å²) in [6.45, 7) is 0.131. The zero-order valence-corrected chi connectivity index (χ0v) is 11.7. The first-order valence-electron chi connectivity index (χ1n) is 6.04. The van der Waals surface area contributed by atoms with Gasteiger partial charge in [0.15, 0.2) is 11.5 Å². The number of aliphatic carboxylic acids is 1. The van der Waals surface area contributed by atoms with E-state index in [1.165, 1.54) is 11.8 Å². The van der Waals surface area contributed by atoms with E-state index >= 15 is 0 Å². The second kappa shape index (κ2) is 6.51. The predicted octanol–water partition coefficient (Wildman–Crippen LogP) is 1.35. The van der Waals surface area contributed by atoms with Crippen LogP contribution in [0.2, 0.25) is 0 Å². The van der Waals surface area contributed by atoms with E-state index in [0.717, 1.165) is 0 Å². The Morgan fingerprint density at radius 1 is 1.40 bits per heavy atom. The maximum Gasteiger partial charge on any atom is 0.326 e. The Hall–Kier alpha value is -1.89. The minimum absolute atomic E-state index is 0.131. The number of carbonyl (C=O) groups is 2. The quantitative estimate of drug-likeness (QED) is 0.824. The van der Waals surface area contributed by atoms with E-state index in [0.29, 0.717) is 29.2 Å². The molecule has 0 bridgehead atoms. The molecule has 1 amide bonds. The van der Waals surface area contributed by atoms with Gasteiger partial charge in [-0.05, 0) is 36.6 Å². The largest absolute Gasteiger partial charge is 0.480 e. The highest BCUT2D eigenvalue weighted by Crippen LogP contribution is 2.32. The molecular weight excluding hydrogens is 282 g/mol. The SMILES string of the molecule is CSCC[C@@H](NC(=O)c1ccc2c(c1)OCO2)C(=O)O. The Morgan fingerprint density at radius 3 is 2.85 bits per heavy atom. The van der Waals surface area contributed by atoms with Crippen molar-refractivity contribution in [2.75, 3.05) is 18.8 Å². The Labute approximate surface area is 120 Å². The van der Waals surface area contributed by atoms with Crippen LogP contribution < -0.4 is 14.8 Å². The minimum Gasteiger partial charge on any atom is -0.480 e. The van der Waals surface area contributed by atoms with Gasteiger partial charge in [-0.1, -0.05) is 0 Å². The lowest BCUT2D eigenvalue weighted by Crippen LogP contribution is -2.41. The Morgan fingerprint density at radius 2 is 2.15 bits per heavy atom. The lowest BCUT2D eigenvalue weighted by atomic mass is 10.1. The van der Waals surface area contributed by atoms with Crippen LogP contribution in [0.1, 0.15) is 16.8 Å². The average Bonchev–Trinajstić information content (AvgIpc) is 2.90. The van der Waals surface area contributed by atoms with E-state index in [2.05, 4.69) is 5.32 Å². The number of amides is 1. The van der Waals surface area contributed by atoms with Crippen molar-refractivity contribution in [2.24, 2.45) is 0 Å². The third-order valence-electron chi connectivity index (χ3n) is 2.85. The summed E-state index contributed by atoms with van der Waals surface area (Å²) in [7, 11) is 0. The van der Waals surface area contributed by atoms with Crippen LogP contribution in [0.5, 0.6) is 11.5 Å². The first-order chi connectivity index (χ1) is 9.61. The zero-order chi connectivity index (χ0) is 14.5. The van der Waals surface area contributed by atoms with Gasteiger partial charge in [-0.25, -0.2) is 4.79 Å². The summed E-state index contributed by atoms with van der Waals surface area (Å²) in [5, 5.41) is 11.6. The van der Waals surface area contributed by atoms with Gasteiger partial charge in [0.25, 0.3) is 5.91 Å². The van der Waals surface area contributed by atoms with Gasteiger partial charge in [0.1, 0.15) is 6.04 Å². The molecule has 0 fully saturated rings. The summed E-state index contributed by atoms with van der Waals surface area (Å²) in [4.78, 5) is 23.1. The van der Waals surface area contributed by atoms with E-state index in [-0.39, 0.29) is 6.79 Å². The Balaban J connectivity index is 2.04. The summed E-state index contributed by atoms with van der Waals surface area (Å²) >= 11 is 1.54. The molecule has 0 radical (unpaired) electrons. The van der Waals surface area contributed by atoms with Crippen LogP contribution in [0.4, 0.5) is 0 Å². The van der Waals surface area contributed by atoms with Crippen LogP contribution in [0, 0.1) is 0 Å². The molecule has 1 aliphatic heterocycles. The summed E-state index contributed by atoms with van der Waals surface area (Å²) < 4.78 is 10.3. The number of rotatable bonds is 6. The molecule has 6 nitrogen and oxygen atoms in total. The molecule has 0 unspecified atom stereocenters. The van der Waals surface area contributed by atoms with Gasteiger partial charge >= 0.3 is 5.97 Å². The number of hydrogen-bond donors (Lipinski definition) is 2. The molecule has 1 aromatic rings. The number of carbonyl (C=O) groups excluding carboxylic acids is 1. The fraction of sp³-hybridized carbons (Fsp3) is 0.385. The fourth-order valence-electron chi connectivity index (χ4n) is 1.77. The number of carboxylic acids is 1. The third kappa shape index (κ3) is 3.36. The first-order valence-corrected chi connectivity index (χ1v) is 7.43. The molecule has 1 aromatic carbocycles. The molecule has 108 valence electrons. The minimum atomic E-state index is -1.03. The van der Waals surface area contributed by atoms with Crippen LogP contribution in [-0.4, -0.2) is 41.8 Å². The fourth-order valence-corrected chi connectivity index (χ4v) is 2.24. The molecule has 2 N–H and O–H groups in total. The molecule has 1 aliphatic rings. The molecule has 1 heterocycles. The van der Waals surface area contributed by atoms with Crippen molar-refractivity contribution in [2.45, 2.75) is 12.5 Å². The standard InChI is InChI=1S/C13H15NO5S/c1-20-5-4-9(13(16)17)14-12(15)8-2-3-10-11(6-8)19-7-18-10/h2-3,6,9H,4-5,7H2,1H3,(H,14,15)(H,16,17)/t9-/m1/s1. The third-order valence-corrected chi connectivity index (χ3v) is 3.49. The van der Waals surface area contributed by atoms with Crippen LogP contribution >= 0.6 is 11.8 Å². The molecule has 0 aliphatic carbocycles. The van der Waals surface area contributed by atoms with E-state index in [1.807, 2.05) is 6.26 Å². The van der Waals surface area contributed by atoms with Crippen LogP contribution in [-0.2, 0) is 4.79 Å². The summed E-state index contributed by atoms with van der Waals surface area (Å²) in [5.41, 5.74) is 0.352. The summed E-state index contributed by atoms with van der Waals surface area (Å²) in [6, 6.07) is 3.87. The number of ether oxygens (including phenoxy) is 2. The number of nitrogens with one attached hydrogen (secondary N) is 1. The van der Waals surface area contributed by atoms with Gasteiger partial charge < -0.3 is 19.9 Å². The van der Waals surface area contributed by atoms with Gasteiger partial charge in [0.2, 0.25) is 6.79 Å². The number of hydrogen-bond acceptors (Lipinski definition) is 5. The van der Waals surface area contributed by atoms with Crippen LogP contribution in [0.3, 0.4) is 0 Å². The van der Waals surface area contributed by atoms with Gasteiger partial charge in [-0.2, -0.15) is 11.8 Å². The van der Waals surface area contributed by atoms with Crippen molar-refractivity contribution in [3.05, 3.63) is 23.8 Å². The van der Waals surface area contributed by atoms with Gasteiger partial charge in [-0.3, -0.25) is 4.79 Å². The molecule has 0 saturated heterocycles. The van der Waals surface area contributed by atoms with E-state index in [9.17, 15) is 9.59 Å². The van der Waals surface area contributed by atoms with Crippen molar-refractivity contribution >= 4 is 23.6 Å². The monoisotopic (exact) mass is 297 g/mol. The van der Waals surface area contributed by atoms with Crippen LogP contribution in [0.15, 0.2) is 18.2 Å². The van der Waals surface area contributed by atoms with Crippen molar-refractivity contribution < 1.29 is 24.2 Å². The second-order valence-corrected chi connectivity index (χ2v) is 5.20. The number of thioether (sulfide) groups is 1. The highest BCUT2D eigenvalue weighted by atomic mass is 32.2. The molecule has 1 atom stereocenters. The molecule has 20 heavy (non-hydrogen) atoms. The molecule has 2 rings (SSSR count). The predicted molar refractivity (Wildman–Crippen MR) is 74.5 cm³/mol. The maximum absolute atomic E-state index is 12.0. The topological polar surface area (TPSA) is 84.9 Å². The molecule has 0 saturated carbocycles. The lowest BCUT2D eigenvalue weighted by Gasteiger charge is -2.14. The van der Waals surface area contributed by atoms with E-state index in [4.69, 9.17) is 14.6 Å². The molecular formula is C13H15NO5S. The maximum atomic E-state index is 12.0. The molecule has 0 spiro atoms. The highest BCUT2D eigenvalue weighted by molar-refractivity contribution is 7.98. The smallest absolute Gasteiger partial charge is 0.326 e. The van der Waals surface area contributed by atoms with E-state index in [1.54, 1.807) is 18.2 Å². The van der Waals surface area contributed by atoms with Crippen molar-refractivity contribution in [3.8, 4) is 11.5 Å². The molecule has 7 heteroatoms. The summed E-state index contributed by atoms with van der Waals surface area (Å²) in [6.07, 6.45) is 2.27. The second-order valence-electron chi connectivity index (χ2n) is 4.21. The van der Waals surface area contributed by atoms with Crippen molar-refractivity contribution in [3.63, 3.8) is 0 Å². The highest BCUT2D eigenvalue weighted by Gasteiger charge is 2.22. The lowest BCUT2D eigenvalue weighted by molar-refractivity contribution is -0.139. The Kier molecular flexibility index (Phi) is 4.73. The average molecular weight is 297 g/mol. The molecule has 0 aromatic heterocycles. The van der Waals surface area contributed by atoms with E-state index < -0.39 is 17.9 Å². The Bertz CT molecular complexity index is 519. The van der Waals surface area contributed by atoms with Gasteiger partial charge in [0, 0.05) is 5.56 Å². The van der Waals surface area contributed by atoms with Crippen LogP contribution in [0.25, 0.3) is 0 Å². The summed E-state index contributed by atoms with van der Waals surface area (Å²) in [5.74, 6) is 0.274.